The number of fused-ring (bicyclic) bond motifs is 4. The van der Waals surface area contributed by atoms with Crippen LogP contribution in [0.3, 0.4) is 0 Å². The number of aromatic nitrogens is 2. The Morgan fingerprint density at radius 1 is 1.09 bits per heavy atom. The quantitative estimate of drug-likeness (QED) is 0.495. The second kappa shape index (κ2) is 9.06. The molecule has 7 nitrogen and oxygen atoms in total. The topological polar surface area (TPSA) is 93.6 Å². The standard InChI is InChI=1S/C26H29N3O4S/c30-26(31)17-8-6-16(7-9-17)23-28-24(22-18-3-1-2-4-21(18)34-25(22)29-23)27-12-11-15-5-10-19-20(13-15)33-14-32-19/h5,10,13,16-17H,1-4,6-9,11-12,14H2,(H,30,31)(H,27,28,29). The Bertz CT molecular complexity index is 1230. The lowest BCUT2D eigenvalue weighted by atomic mass is 9.81. The zero-order valence-corrected chi connectivity index (χ0v) is 20.0. The van der Waals surface area contributed by atoms with Gasteiger partial charge in [-0.25, -0.2) is 9.97 Å². The monoisotopic (exact) mass is 479 g/mol. The summed E-state index contributed by atoms with van der Waals surface area (Å²) in [5.74, 6) is 2.77. The van der Waals surface area contributed by atoms with E-state index in [-0.39, 0.29) is 18.6 Å². The van der Waals surface area contributed by atoms with Crippen molar-refractivity contribution in [1.82, 2.24) is 9.97 Å². The first-order chi connectivity index (χ1) is 16.7. The Balaban J connectivity index is 1.26. The summed E-state index contributed by atoms with van der Waals surface area (Å²) in [4.78, 5) is 24.0. The van der Waals surface area contributed by atoms with Crippen molar-refractivity contribution in [2.75, 3.05) is 18.7 Å². The number of hydrogen-bond donors (Lipinski definition) is 2. The first-order valence-corrected chi connectivity index (χ1v) is 13.1. The molecular formula is C26H29N3O4S. The molecule has 178 valence electrons. The fourth-order valence-electron chi connectivity index (χ4n) is 5.50. The highest BCUT2D eigenvalue weighted by Crippen LogP contribution is 2.41. The van der Waals surface area contributed by atoms with Crippen LogP contribution in [0.2, 0.25) is 0 Å². The Hall–Kier alpha value is -2.87. The van der Waals surface area contributed by atoms with Crippen molar-refractivity contribution >= 4 is 33.3 Å². The minimum absolute atomic E-state index is 0.228. The van der Waals surface area contributed by atoms with E-state index in [0.29, 0.717) is 12.8 Å². The largest absolute Gasteiger partial charge is 0.481 e. The van der Waals surface area contributed by atoms with Crippen LogP contribution in [0.15, 0.2) is 18.2 Å². The molecule has 6 rings (SSSR count). The van der Waals surface area contributed by atoms with E-state index in [1.807, 2.05) is 17.4 Å². The number of thiophene rings is 1. The molecule has 0 radical (unpaired) electrons. The molecule has 34 heavy (non-hydrogen) atoms. The van der Waals surface area contributed by atoms with Crippen LogP contribution in [0.25, 0.3) is 10.2 Å². The zero-order valence-electron chi connectivity index (χ0n) is 19.1. The molecule has 3 aromatic rings. The predicted octanol–water partition coefficient (Wildman–Crippen LogP) is 5.31. The Morgan fingerprint density at radius 2 is 1.91 bits per heavy atom. The van der Waals surface area contributed by atoms with Gasteiger partial charge in [-0.3, -0.25) is 4.79 Å². The van der Waals surface area contributed by atoms with E-state index in [2.05, 4.69) is 17.4 Å². The Labute approximate surface area is 202 Å². The third kappa shape index (κ3) is 4.08. The number of nitrogens with zero attached hydrogens (tertiary/aromatic N) is 2. The molecule has 1 aromatic carbocycles. The molecule has 0 saturated heterocycles. The van der Waals surface area contributed by atoms with Gasteiger partial charge in [0.15, 0.2) is 11.5 Å². The van der Waals surface area contributed by atoms with Gasteiger partial charge >= 0.3 is 5.97 Å². The first-order valence-electron chi connectivity index (χ1n) is 12.3. The number of hydrogen-bond acceptors (Lipinski definition) is 7. The van der Waals surface area contributed by atoms with E-state index in [9.17, 15) is 9.90 Å². The molecule has 2 aromatic heterocycles. The van der Waals surface area contributed by atoms with Crippen molar-refractivity contribution < 1.29 is 19.4 Å². The summed E-state index contributed by atoms with van der Waals surface area (Å²) >= 11 is 1.83. The summed E-state index contributed by atoms with van der Waals surface area (Å²) in [5.41, 5.74) is 2.62. The average molecular weight is 480 g/mol. The van der Waals surface area contributed by atoms with Gasteiger partial charge in [0.1, 0.15) is 16.5 Å². The van der Waals surface area contributed by atoms with E-state index in [0.717, 1.165) is 66.6 Å². The number of rotatable bonds is 6. The summed E-state index contributed by atoms with van der Waals surface area (Å²) < 4.78 is 10.9. The number of carbonyl (C=O) groups is 1. The van der Waals surface area contributed by atoms with Gasteiger partial charge in [0.25, 0.3) is 0 Å². The van der Waals surface area contributed by atoms with Crippen LogP contribution in [0.4, 0.5) is 5.82 Å². The Kier molecular flexibility index (Phi) is 5.77. The fourth-order valence-corrected chi connectivity index (χ4v) is 6.77. The number of carboxylic acids is 1. The average Bonchev–Trinajstić information content (AvgIpc) is 3.48. The number of aryl methyl sites for hydroxylation is 2. The summed E-state index contributed by atoms with van der Waals surface area (Å²) in [6.07, 6.45) is 8.62. The summed E-state index contributed by atoms with van der Waals surface area (Å²) in [6.45, 7) is 1.05. The van der Waals surface area contributed by atoms with Crippen molar-refractivity contribution in [3.63, 3.8) is 0 Å². The van der Waals surface area contributed by atoms with Crippen molar-refractivity contribution in [2.45, 2.75) is 63.7 Å². The van der Waals surface area contributed by atoms with E-state index in [4.69, 9.17) is 19.4 Å². The molecule has 2 N–H and O–H groups in total. The number of carboxylic acid groups (broad SMARTS) is 1. The molecule has 8 heteroatoms. The lowest BCUT2D eigenvalue weighted by Crippen LogP contribution is -2.21. The van der Waals surface area contributed by atoms with E-state index >= 15 is 0 Å². The van der Waals surface area contributed by atoms with Crippen molar-refractivity contribution in [3.05, 3.63) is 40.0 Å². The van der Waals surface area contributed by atoms with Gasteiger partial charge in [-0.05, 0) is 81.0 Å². The number of nitrogens with one attached hydrogen (secondary N) is 1. The molecule has 1 saturated carbocycles. The third-order valence-electron chi connectivity index (χ3n) is 7.42. The molecule has 3 aliphatic rings. The van der Waals surface area contributed by atoms with Gasteiger partial charge < -0.3 is 19.9 Å². The summed E-state index contributed by atoms with van der Waals surface area (Å²) in [7, 11) is 0. The third-order valence-corrected chi connectivity index (χ3v) is 8.60. The summed E-state index contributed by atoms with van der Waals surface area (Å²) in [5, 5.41) is 14.2. The second-order valence-corrected chi connectivity index (χ2v) is 10.7. The van der Waals surface area contributed by atoms with Crippen molar-refractivity contribution in [2.24, 2.45) is 5.92 Å². The predicted molar refractivity (Wildman–Crippen MR) is 131 cm³/mol. The van der Waals surface area contributed by atoms with Gasteiger partial charge in [0.2, 0.25) is 6.79 Å². The maximum absolute atomic E-state index is 11.4. The van der Waals surface area contributed by atoms with Crippen LogP contribution in [-0.2, 0) is 24.1 Å². The van der Waals surface area contributed by atoms with Crippen LogP contribution in [0, 0.1) is 5.92 Å². The number of anilines is 1. The minimum atomic E-state index is -0.674. The molecule has 2 aliphatic carbocycles. The molecule has 0 unspecified atom stereocenters. The van der Waals surface area contributed by atoms with Gasteiger partial charge in [-0.1, -0.05) is 6.07 Å². The highest BCUT2D eigenvalue weighted by molar-refractivity contribution is 7.19. The Morgan fingerprint density at radius 3 is 2.76 bits per heavy atom. The normalized spacial score (nSPS) is 21.4. The minimum Gasteiger partial charge on any atom is -0.481 e. The number of aliphatic carboxylic acids is 1. The SMILES string of the molecule is O=C(O)C1CCC(c2nc(NCCc3ccc4c(c3)OCO4)c3c4c(sc3n2)CCCC4)CC1. The van der Waals surface area contributed by atoms with Gasteiger partial charge in [-0.2, -0.15) is 0 Å². The molecule has 0 amide bonds. The first kappa shape index (κ1) is 21.6. The van der Waals surface area contributed by atoms with E-state index in [1.54, 1.807) is 0 Å². The van der Waals surface area contributed by atoms with E-state index < -0.39 is 5.97 Å². The number of ether oxygens (including phenoxy) is 2. The molecule has 1 aliphatic heterocycles. The van der Waals surface area contributed by atoms with Crippen LogP contribution >= 0.6 is 11.3 Å². The molecule has 0 atom stereocenters. The molecule has 3 heterocycles. The fraction of sp³-hybridized carbons (Fsp3) is 0.500. The van der Waals surface area contributed by atoms with Crippen LogP contribution in [0.1, 0.15) is 66.3 Å². The molecule has 0 bridgehead atoms. The maximum atomic E-state index is 11.4. The second-order valence-electron chi connectivity index (χ2n) is 9.57. The van der Waals surface area contributed by atoms with Gasteiger partial charge in [0.05, 0.1) is 11.3 Å². The molecule has 0 spiro atoms. The highest BCUT2D eigenvalue weighted by atomic mass is 32.1. The molecule has 1 fully saturated rings. The zero-order chi connectivity index (χ0) is 23.1. The summed E-state index contributed by atoms with van der Waals surface area (Å²) in [6, 6.07) is 6.11. The van der Waals surface area contributed by atoms with Gasteiger partial charge in [0, 0.05) is 17.3 Å². The van der Waals surface area contributed by atoms with Gasteiger partial charge in [-0.15, -0.1) is 11.3 Å². The van der Waals surface area contributed by atoms with Crippen LogP contribution < -0.4 is 14.8 Å². The van der Waals surface area contributed by atoms with Crippen molar-refractivity contribution in [3.8, 4) is 11.5 Å². The molecular weight excluding hydrogens is 450 g/mol. The van der Waals surface area contributed by atoms with Crippen LogP contribution in [-0.4, -0.2) is 34.4 Å². The van der Waals surface area contributed by atoms with E-state index in [1.165, 1.54) is 34.2 Å². The smallest absolute Gasteiger partial charge is 0.306 e. The van der Waals surface area contributed by atoms with Crippen LogP contribution in [0.5, 0.6) is 11.5 Å². The number of benzene rings is 1. The lowest BCUT2D eigenvalue weighted by Gasteiger charge is -2.25. The van der Waals surface area contributed by atoms with Crippen molar-refractivity contribution in [1.29, 1.82) is 0 Å². The highest BCUT2D eigenvalue weighted by Gasteiger charge is 2.30. The lowest BCUT2D eigenvalue weighted by molar-refractivity contribution is -0.142. The maximum Gasteiger partial charge on any atom is 0.306 e.